The van der Waals surface area contributed by atoms with Crippen LogP contribution in [-0.2, 0) is 14.4 Å². The van der Waals surface area contributed by atoms with Gasteiger partial charge in [-0.1, -0.05) is 42.4 Å². The molecule has 0 bridgehead atoms. The molecule has 1 fully saturated rings. The zero-order chi connectivity index (χ0) is 20.7. The lowest BCUT2D eigenvalue weighted by Crippen LogP contribution is -2.48. The highest BCUT2D eigenvalue weighted by atomic mass is 16.7. The summed E-state index contributed by atoms with van der Waals surface area (Å²) in [6, 6.07) is 11.8. The third-order valence-corrected chi connectivity index (χ3v) is 5.43. The SMILES string of the molecule is CCC(C(=O)N1CCC2(CC1)CC(OC(=O)NCCC#N)=NO2)c1ccccc1. The van der Waals surface area contributed by atoms with Crippen molar-refractivity contribution in [3.63, 3.8) is 0 Å². The molecule has 1 saturated heterocycles. The number of carbonyl (C=O) groups is 2. The molecular weight excluding hydrogens is 372 g/mol. The monoisotopic (exact) mass is 398 g/mol. The molecule has 8 heteroatoms. The molecule has 0 radical (unpaired) electrons. The molecule has 3 rings (SSSR count). The van der Waals surface area contributed by atoms with Gasteiger partial charge in [-0.05, 0) is 12.0 Å². The highest BCUT2D eigenvalue weighted by Gasteiger charge is 2.44. The molecule has 1 unspecified atom stereocenters. The number of piperidine rings is 1. The summed E-state index contributed by atoms with van der Waals surface area (Å²) in [7, 11) is 0. The number of hydrogen-bond acceptors (Lipinski definition) is 6. The Balaban J connectivity index is 1.50. The molecule has 1 aromatic rings. The molecule has 8 nitrogen and oxygen atoms in total. The molecule has 2 heterocycles. The Labute approximate surface area is 170 Å². The van der Waals surface area contributed by atoms with Crippen LogP contribution >= 0.6 is 0 Å². The van der Waals surface area contributed by atoms with Gasteiger partial charge in [0.15, 0.2) is 0 Å². The molecule has 0 aliphatic carbocycles. The van der Waals surface area contributed by atoms with Gasteiger partial charge in [-0.2, -0.15) is 5.26 Å². The van der Waals surface area contributed by atoms with Crippen LogP contribution in [0.3, 0.4) is 0 Å². The Morgan fingerprint density at radius 3 is 2.72 bits per heavy atom. The summed E-state index contributed by atoms with van der Waals surface area (Å²) in [5.74, 6) is 0.234. The molecule has 154 valence electrons. The van der Waals surface area contributed by atoms with Gasteiger partial charge >= 0.3 is 6.09 Å². The second kappa shape index (κ2) is 9.41. The van der Waals surface area contributed by atoms with E-state index in [0.717, 1.165) is 12.0 Å². The van der Waals surface area contributed by atoms with Crippen molar-refractivity contribution in [2.45, 2.75) is 50.5 Å². The fourth-order valence-corrected chi connectivity index (χ4v) is 3.77. The number of hydrogen-bond donors (Lipinski definition) is 1. The average Bonchev–Trinajstić information content (AvgIpc) is 3.12. The number of amides is 2. The fourth-order valence-electron chi connectivity index (χ4n) is 3.77. The van der Waals surface area contributed by atoms with Crippen molar-refractivity contribution in [3.05, 3.63) is 35.9 Å². The molecule has 2 aliphatic heterocycles. The van der Waals surface area contributed by atoms with Crippen LogP contribution in [0.25, 0.3) is 0 Å². The predicted molar refractivity (Wildman–Crippen MR) is 106 cm³/mol. The fraction of sp³-hybridized carbons (Fsp3) is 0.524. The summed E-state index contributed by atoms with van der Waals surface area (Å²) in [5, 5.41) is 14.9. The number of carbonyl (C=O) groups excluding carboxylic acids is 2. The number of alkyl carbamates (subject to hydrolysis) is 1. The van der Waals surface area contributed by atoms with Gasteiger partial charge in [-0.15, -0.1) is 0 Å². The van der Waals surface area contributed by atoms with Crippen molar-refractivity contribution < 1.29 is 19.2 Å². The Morgan fingerprint density at radius 1 is 1.34 bits per heavy atom. The lowest BCUT2D eigenvalue weighted by molar-refractivity contribution is -0.138. The van der Waals surface area contributed by atoms with E-state index < -0.39 is 11.7 Å². The van der Waals surface area contributed by atoms with E-state index in [-0.39, 0.29) is 30.7 Å². The number of rotatable bonds is 5. The minimum atomic E-state index is -0.638. The summed E-state index contributed by atoms with van der Waals surface area (Å²) in [4.78, 5) is 32.2. The number of oxime groups is 1. The average molecular weight is 398 g/mol. The molecule has 1 N–H and O–H groups in total. The number of nitrogens with zero attached hydrogens (tertiary/aromatic N) is 3. The van der Waals surface area contributed by atoms with Gasteiger partial charge in [-0.25, -0.2) is 4.79 Å². The van der Waals surface area contributed by atoms with E-state index in [1.165, 1.54) is 0 Å². The van der Waals surface area contributed by atoms with Crippen molar-refractivity contribution >= 4 is 17.9 Å². The Kier molecular flexibility index (Phi) is 6.70. The maximum absolute atomic E-state index is 13.0. The van der Waals surface area contributed by atoms with Crippen LogP contribution < -0.4 is 5.32 Å². The molecule has 0 saturated carbocycles. The Morgan fingerprint density at radius 2 is 2.07 bits per heavy atom. The second-order valence-corrected chi connectivity index (χ2v) is 7.36. The molecular formula is C21H26N4O4. The van der Waals surface area contributed by atoms with Gasteiger partial charge in [0.1, 0.15) is 5.60 Å². The van der Waals surface area contributed by atoms with E-state index in [9.17, 15) is 9.59 Å². The maximum Gasteiger partial charge on any atom is 0.413 e. The predicted octanol–water partition coefficient (Wildman–Crippen LogP) is 2.92. The van der Waals surface area contributed by atoms with Gasteiger partial charge in [-0.3, -0.25) is 4.79 Å². The first kappa shape index (κ1) is 20.6. The summed E-state index contributed by atoms with van der Waals surface area (Å²) in [5.41, 5.74) is 0.520. The summed E-state index contributed by atoms with van der Waals surface area (Å²) < 4.78 is 5.16. The normalized spacial score (nSPS) is 18.3. The van der Waals surface area contributed by atoms with E-state index in [0.29, 0.717) is 32.4 Å². The standard InChI is InChI=1S/C21H26N4O4/c1-2-17(16-7-4-3-5-8-16)19(26)25-13-9-21(10-14-25)15-18(24-29-21)28-20(27)23-12-6-11-22/h3-5,7-8,17H,2,6,9-10,12-15H2,1H3,(H,23,27). The highest BCUT2D eigenvalue weighted by molar-refractivity contribution is 5.89. The lowest BCUT2D eigenvalue weighted by Gasteiger charge is -2.38. The zero-order valence-corrected chi connectivity index (χ0v) is 16.6. The quantitative estimate of drug-likeness (QED) is 0.768. The number of benzene rings is 1. The van der Waals surface area contributed by atoms with E-state index >= 15 is 0 Å². The van der Waals surface area contributed by atoms with Crippen molar-refractivity contribution in [2.75, 3.05) is 19.6 Å². The third kappa shape index (κ3) is 5.05. The van der Waals surface area contributed by atoms with Crippen molar-refractivity contribution in [2.24, 2.45) is 5.16 Å². The number of likely N-dealkylation sites (tertiary alicyclic amines) is 1. The molecule has 1 atom stereocenters. The first-order valence-corrected chi connectivity index (χ1v) is 9.98. The van der Waals surface area contributed by atoms with E-state index in [2.05, 4.69) is 10.5 Å². The molecule has 2 amide bonds. The van der Waals surface area contributed by atoms with Crippen LogP contribution in [-0.4, -0.2) is 48.0 Å². The number of nitrogens with one attached hydrogen (secondary N) is 1. The Hall–Kier alpha value is -3.08. The molecule has 1 aromatic carbocycles. The summed E-state index contributed by atoms with van der Waals surface area (Å²) in [6.07, 6.45) is 2.00. The van der Waals surface area contributed by atoms with E-state index in [1.54, 1.807) is 0 Å². The van der Waals surface area contributed by atoms with Crippen LogP contribution in [0.2, 0.25) is 0 Å². The van der Waals surface area contributed by atoms with Gasteiger partial charge in [0.25, 0.3) is 0 Å². The van der Waals surface area contributed by atoms with E-state index in [1.807, 2.05) is 48.2 Å². The van der Waals surface area contributed by atoms with Crippen LogP contribution in [0.1, 0.15) is 50.5 Å². The first-order valence-electron chi connectivity index (χ1n) is 9.98. The van der Waals surface area contributed by atoms with Crippen molar-refractivity contribution in [3.8, 4) is 6.07 Å². The molecule has 0 aromatic heterocycles. The van der Waals surface area contributed by atoms with Crippen LogP contribution in [0.5, 0.6) is 0 Å². The van der Waals surface area contributed by atoms with Crippen LogP contribution in [0, 0.1) is 11.3 Å². The van der Waals surface area contributed by atoms with Crippen LogP contribution in [0.15, 0.2) is 35.5 Å². The Bertz CT molecular complexity index is 795. The minimum absolute atomic E-state index is 0.137. The van der Waals surface area contributed by atoms with Crippen molar-refractivity contribution in [1.29, 1.82) is 5.26 Å². The number of nitriles is 1. The lowest BCUT2D eigenvalue weighted by atomic mass is 9.87. The van der Waals surface area contributed by atoms with Gasteiger partial charge in [0, 0.05) is 32.5 Å². The zero-order valence-electron chi connectivity index (χ0n) is 16.6. The summed E-state index contributed by atoms with van der Waals surface area (Å²) >= 11 is 0. The van der Waals surface area contributed by atoms with Gasteiger partial charge in [0.05, 0.1) is 24.8 Å². The molecule has 29 heavy (non-hydrogen) atoms. The van der Waals surface area contributed by atoms with Crippen LogP contribution in [0.4, 0.5) is 4.79 Å². The van der Waals surface area contributed by atoms with Gasteiger partial charge in [0.2, 0.25) is 11.8 Å². The third-order valence-electron chi connectivity index (χ3n) is 5.43. The second-order valence-electron chi connectivity index (χ2n) is 7.36. The van der Waals surface area contributed by atoms with E-state index in [4.69, 9.17) is 14.8 Å². The molecule has 2 aliphatic rings. The van der Waals surface area contributed by atoms with Crippen molar-refractivity contribution in [1.82, 2.24) is 10.2 Å². The van der Waals surface area contributed by atoms with Gasteiger partial charge < -0.3 is 19.8 Å². The topological polar surface area (TPSA) is 104 Å². The smallest absolute Gasteiger partial charge is 0.392 e. The maximum atomic E-state index is 13.0. The highest BCUT2D eigenvalue weighted by Crippen LogP contribution is 2.36. The largest absolute Gasteiger partial charge is 0.413 e. The number of ether oxygens (including phenoxy) is 1. The minimum Gasteiger partial charge on any atom is -0.392 e. The first-order chi connectivity index (χ1) is 14.1. The molecule has 1 spiro atoms. The summed E-state index contributed by atoms with van der Waals surface area (Å²) in [6.45, 7) is 3.42.